The van der Waals surface area contributed by atoms with Gasteiger partial charge >= 0.3 is 0 Å². The Morgan fingerprint density at radius 1 is 1.16 bits per heavy atom. The highest BCUT2D eigenvalue weighted by atomic mass is 32.1. The predicted molar refractivity (Wildman–Crippen MR) is 99.9 cm³/mol. The maximum atomic E-state index is 12.6. The molecule has 1 aliphatic rings. The highest BCUT2D eigenvalue weighted by molar-refractivity contribution is 7.10. The minimum Gasteiger partial charge on any atom is -0.368 e. The number of anilines is 1. The summed E-state index contributed by atoms with van der Waals surface area (Å²) < 4.78 is 0. The lowest BCUT2D eigenvalue weighted by Crippen LogP contribution is -2.49. The van der Waals surface area contributed by atoms with Crippen molar-refractivity contribution in [2.24, 2.45) is 0 Å². The van der Waals surface area contributed by atoms with Gasteiger partial charge in [0.25, 0.3) is 5.69 Å². The third-order valence-corrected chi connectivity index (χ3v) is 5.05. The minimum atomic E-state index is -0.400. The van der Waals surface area contributed by atoms with Gasteiger partial charge in [-0.05, 0) is 36.6 Å². The van der Waals surface area contributed by atoms with Crippen molar-refractivity contribution in [2.45, 2.75) is 6.92 Å². The molecule has 1 saturated heterocycles. The van der Waals surface area contributed by atoms with Gasteiger partial charge in [0.05, 0.1) is 4.92 Å². The van der Waals surface area contributed by atoms with E-state index in [1.807, 2.05) is 35.4 Å². The van der Waals surface area contributed by atoms with E-state index in [1.165, 1.54) is 12.1 Å². The predicted octanol–water partition coefficient (Wildman–Crippen LogP) is 3.41. The Morgan fingerprint density at radius 2 is 1.84 bits per heavy atom. The number of hydrogen-bond donors (Lipinski definition) is 0. The summed E-state index contributed by atoms with van der Waals surface area (Å²) in [6.07, 6.45) is 1.93. The normalized spacial score (nSPS) is 15.3. The van der Waals surface area contributed by atoms with E-state index in [4.69, 9.17) is 0 Å². The third-order valence-electron chi connectivity index (χ3n) is 4.23. The molecule has 0 radical (unpaired) electrons. The molecule has 3 rings (SSSR count). The number of hydrogen-bond acceptors (Lipinski definition) is 5. The van der Waals surface area contributed by atoms with Gasteiger partial charge in [-0.3, -0.25) is 14.9 Å². The molecule has 0 bridgehead atoms. The first-order valence-electron chi connectivity index (χ1n) is 8.05. The monoisotopic (exact) mass is 357 g/mol. The van der Waals surface area contributed by atoms with Crippen LogP contribution in [0.3, 0.4) is 0 Å². The summed E-state index contributed by atoms with van der Waals surface area (Å²) in [5.74, 6) is 0.0664. The van der Waals surface area contributed by atoms with Crippen molar-refractivity contribution in [3.63, 3.8) is 0 Å². The van der Waals surface area contributed by atoms with Crippen LogP contribution in [-0.4, -0.2) is 41.9 Å². The van der Waals surface area contributed by atoms with Gasteiger partial charge in [-0.15, -0.1) is 11.3 Å². The van der Waals surface area contributed by atoms with E-state index in [2.05, 4.69) is 4.90 Å². The molecule has 0 unspecified atom stereocenters. The molecule has 0 saturated carbocycles. The first-order valence-corrected chi connectivity index (χ1v) is 8.93. The van der Waals surface area contributed by atoms with Crippen molar-refractivity contribution >= 4 is 34.7 Å². The second kappa shape index (κ2) is 7.48. The fraction of sp³-hybridized carbons (Fsp3) is 0.278. The van der Waals surface area contributed by atoms with Crippen LogP contribution >= 0.6 is 11.3 Å². The Labute approximate surface area is 150 Å². The summed E-state index contributed by atoms with van der Waals surface area (Å²) in [6, 6.07) is 10.5. The molecule has 6 nitrogen and oxygen atoms in total. The molecule has 0 atom stereocenters. The van der Waals surface area contributed by atoms with Crippen LogP contribution in [0.4, 0.5) is 11.4 Å². The maximum Gasteiger partial charge on any atom is 0.269 e. The minimum absolute atomic E-state index is 0.0664. The van der Waals surface area contributed by atoms with Crippen molar-refractivity contribution < 1.29 is 9.72 Å². The number of piperazine rings is 1. The Balaban J connectivity index is 1.59. The second-order valence-corrected chi connectivity index (χ2v) is 6.87. The fourth-order valence-corrected chi connectivity index (χ4v) is 3.57. The Kier molecular flexibility index (Phi) is 5.14. The van der Waals surface area contributed by atoms with E-state index in [0.29, 0.717) is 13.1 Å². The topological polar surface area (TPSA) is 66.7 Å². The van der Waals surface area contributed by atoms with Crippen LogP contribution < -0.4 is 4.90 Å². The second-order valence-electron chi connectivity index (χ2n) is 5.90. The first-order chi connectivity index (χ1) is 12.0. The van der Waals surface area contributed by atoms with Gasteiger partial charge in [-0.1, -0.05) is 6.07 Å². The summed E-state index contributed by atoms with van der Waals surface area (Å²) in [7, 11) is 0. The van der Waals surface area contributed by atoms with Crippen molar-refractivity contribution in [1.82, 2.24) is 4.90 Å². The smallest absolute Gasteiger partial charge is 0.269 e. The average molecular weight is 357 g/mol. The highest BCUT2D eigenvalue weighted by Crippen LogP contribution is 2.21. The molecular formula is C18H19N3O3S. The Morgan fingerprint density at radius 3 is 2.40 bits per heavy atom. The lowest BCUT2D eigenvalue weighted by Gasteiger charge is -2.36. The van der Waals surface area contributed by atoms with E-state index in [9.17, 15) is 14.9 Å². The summed E-state index contributed by atoms with van der Waals surface area (Å²) in [4.78, 5) is 28.0. The number of amides is 1. The average Bonchev–Trinajstić information content (AvgIpc) is 3.14. The lowest BCUT2D eigenvalue weighted by molar-refractivity contribution is -0.384. The van der Waals surface area contributed by atoms with Crippen LogP contribution in [0.25, 0.3) is 6.08 Å². The molecule has 1 amide bonds. The third kappa shape index (κ3) is 4.06. The quantitative estimate of drug-likeness (QED) is 0.478. The van der Waals surface area contributed by atoms with Gasteiger partial charge in [-0.25, -0.2) is 0 Å². The zero-order chi connectivity index (χ0) is 17.8. The van der Waals surface area contributed by atoms with Crippen LogP contribution in [0.2, 0.25) is 0 Å². The number of thiophene rings is 1. The molecule has 1 aromatic heterocycles. The maximum absolute atomic E-state index is 12.6. The van der Waals surface area contributed by atoms with Crippen LogP contribution in [0, 0.1) is 10.1 Å². The van der Waals surface area contributed by atoms with Crippen molar-refractivity contribution in [3.8, 4) is 0 Å². The lowest BCUT2D eigenvalue weighted by atomic mass is 10.2. The zero-order valence-electron chi connectivity index (χ0n) is 13.9. The molecule has 25 heavy (non-hydrogen) atoms. The van der Waals surface area contributed by atoms with E-state index in [-0.39, 0.29) is 11.6 Å². The molecule has 1 fully saturated rings. The van der Waals surface area contributed by atoms with E-state index in [0.717, 1.165) is 29.2 Å². The van der Waals surface area contributed by atoms with Crippen LogP contribution in [0.5, 0.6) is 0 Å². The molecule has 0 N–H and O–H groups in total. The van der Waals surface area contributed by atoms with Gasteiger partial charge in [-0.2, -0.15) is 0 Å². The molecule has 2 aromatic rings. The van der Waals surface area contributed by atoms with E-state index in [1.54, 1.807) is 23.5 Å². The zero-order valence-corrected chi connectivity index (χ0v) is 14.7. The van der Waals surface area contributed by atoms with Crippen LogP contribution in [-0.2, 0) is 4.79 Å². The number of nitro benzene ring substituents is 1. The Bertz CT molecular complexity index is 776. The molecule has 1 aromatic carbocycles. The largest absolute Gasteiger partial charge is 0.368 e. The first kappa shape index (κ1) is 17.2. The number of carbonyl (C=O) groups excluding carboxylic acids is 1. The summed E-state index contributed by atoms with van der Waals surface area (Å²) in [6.45, 7) is 4.58. The van der Waals surface area contributed by atoms with Gasteiger partial charge in [0.1, 0.15) is 0 Å². The van der Waals surface area contributed by atoms with E-state index < -0.39 is 4.92 Å². The highest BCUT2D eigenvalue weighted by Gasteiger charge is 2.22. The van der Waals surface area contributed by atoms with Gasteiger partial charge in [0.2, 0.25) is 5.91 Å². The number of nitrogens with zero attached hydrogens (tertiary/aromatic N) is 3. The molecule has 0 aliphatic carbocycles. The van der Waals surface area contributed by atoms with Crippen LogP contribution in [0.15, 0.2) is 47.4 Å². The SMILES string of the molecule is C/C(=C\c1cccs1)C(=O)N1CCN(c2ccc([N+](=O)[O-])cc2)CC1. The number of rotatable bonds is 4. The molecular weight excluding hydrogens is 338 g/mol. The summed E-state index contributed by atoms with van der Waals surface area (Å²) >= 11 is 1.61. The fourth-order valence-electron chi connectivity index (χ4n) is 2.85. The summed E-state index contributed by atoms with van der Waals surface area (Å²) in [5.41, 5.74) is 1.78. The number of benzene rings is 1. The van der Waals surface area contributed by atoms with Crippen molar-refractivity contribution in [2.75, 3.05) is 31.1 Å². The molecule has 7 heteroatoms. The standard InChI is InChI=1S/C18H19N3O3S/c1-14(13-17-3-2-12-25-17)18(22)20-10-8-19(9-11-20)15-4-6-16(7-5-15)21(23)24/h2-7,12-13H,8-11H2,1H3/b14-13+. The number of carbonyl (C=O) groups is 1. The molecule has 130 valence electrons. The van der Waals surface area contributed by atoms with Crippen molar-refractivity contribution in [3.05, 3.63) is 62.3 Å². The molecule has 2 heterocycles. The van der Waals surface area contributed by atoms with E-state index >= 15 is 0 Å². The number of nitro groups is 1. The summed E-state index contributed by atoms with van der Waals surface area (Å²) in [5, 5.41) is 12.7. The van der Waals surface area contributed by atoms with Gasteiger partial charge in [0.15, 0.2) is 0 Å². The van der Waals surface area contributed by atoms with Crippen molar-refractivity contribution in [1.29, 1.82) is 0 Å². The number of non-ortho nitro benzene ring substituents is 1. The Hall–Kier alpha value is -2.67. The van der Waals surface area contributed by atoms with Crippen LogP contribution in [0.1, 0.15) is 11.8 Å². The van der Waals surface area contributed by atoms with Gasteiger partial charge < -0.3 is 9.80 Å². The molecule has 0 spiro atoms. The van der Waals surface area contributed by atoms with Gasteiger partial charge in [0, 0.05) is 54.4 Å². The molecule has 1 aliphatic heterocycles.